The molecule has 18 heteroatoms. The predicted octanol–water partition coefficient (Wildman–Crippen LogP) is 5.15. The van der Waals surface area contributed by atoms with E-state index in [2.05, 4.69) is 41.2 Å². The second kappa shape index (κ2) is 13.2. The number of anilines is 4. The van der Waals surface area contributed by atoms with Gasteiger partial charge in [-0.1, -0.05) is 11.3 Å². The normalized spacial score (nSPS) is 17.0. The number of carbonyl (C=O) groups excluding carboxylic acids is 1. The number of ether oxygens (including phenoxy) is 1. The summed E-state index contributed by atoms with van der Waals surface area (Å²) in [6.07, 6.45) is -2.25. The molecular weight excluding hydrogens is 618 g/mol. The summed E-state index contributed by atoms with van der Waals surface area (Å²) in [4.78, 5) is 25.1. The van der Waals surface area contributed by atoms with Crippen LogP contribution in [0.5, 0.6) is 5.75 Å². The first-order valence-corrected chi connectivity index (χ1v) is 15.4. The molecule has 4 aromatic rings. The Bertz CT molecular complexity index is 1750. The zero-order valence-electron chi connectivity index (χ0n) is 24.4. The molecule has 4 aliphatic heterocycles. The van der Waals surface area contributed by atoms with Crippen LogP contribution >= 0.6 is 7.60 Å². The molecule has 1 atom stereocenters. The summed E-state index contributed by atoms with van der Waals surface area (Å²) >= 11 is 0. The molecule has 0 unspecified atom stereocenters. The van der Waals surface area contributed by atoms with Gasteiger partial charge in [0.1, 0.15) is 22.8 Å². The Morgan fingerprint density at radius 2 is 1.96 bits per heavy atom. The number of carbonyl (C=O) groups is 1. The fraction of sp³-hybridized carbons (Fsp3) is 0.333. The average Bonchev–Trinajstić information content (AvgIpc) is 3.48. The van der Waals surface area contributed by atoms with Gasteiger partial charge in [-0.25, -0.2) is 9.97 Å². The quantitative estimate of drug-likeness (QED) is 0.250. The fourth-order valence-corrected chi connectivity index (χ4v) is 6.13. The number of alkyl halides is 3. The highest BCUT2D eigenvalue weighted by Crippen LogP contribution is 2.52. The number of halogens is 3. The lowest BCUT2D eigenvalue weighted by molar-refractivity contribution is -0.137. The van der Waals surface area contributed by atoms with E-state index >= 15 is 0 Å². The first-order valence-electron chi connectivity index (χ1n) is 13.7. The fourth-order valence-electron chi connectivity index (χ4n) is 4.43. The Morgan fingerprint density at radius 3 is 2.69 bits per heavy atom. The summed E-state index contributed by atoms with van der Waals surface area (Å²) in [7, 11) is -0.797. The highest BCUT2D eigenvalue weighted by Gasteiger charge is 2.36. The van der Waals surface area contributed by atoms with Gasteiger partial charge in [0.15, 0.2) is 5.69 Å². The second-order valence-corrected chi connectivity index (χ2v) is 11.7. The number of rotatable bonds is 4. The van der Waals surface area contributed by atoms with Crippen molar-refractivity contribution in [3.05, 3.63) is 59.5 Å². The van der Waals surface area contributed by atoms with E-state index in [-0.39, 0.29) is 48.1 Å². The number of amides is 1. The van der Waals surface area contributed by atoms with Gasteiger partial charge in [0, 0.05) is 19.8 Å². The van der Waals surface area contributed by atoms with Crippen molar-refractivity contribution in [1.29, 1.82) is 0 Å². The lowest BCUT2D eigenvalue weighted by atomic mass is 10.2. The van der Waals surface area contributed by atoms with Gasteiger partial charge in [-0.15, -0.1) is 5.10 Å². The molecule has 1 aromatic carbocycles. The molecule has 0 aliphatic carbocycles. The molecule has 0 spiro atoms. The smallest absolute Gasteiger partial charge is 0.421 e. The standard InChI is InChI=1S/C27H29F3N9O5P/c1-4-43-45(41)15-16-6-7-19(22(12-16)42-3)35-26-32-13-17(27(28,29)30)24(36-26)34-20-9-8-18(33-23(20)25(40)31-2)21-14-39(38-37-21)10-5-11-44-45/h6-9,12-14H,4-5,10-11,15H2,1-3H3,(H,31,40)(H2,32,34,35,36)/t45-/m0/s1. The van der Waals surface area contributed by atoms with Gasteiger partial charge in [0.05, 0.1) is 49.8 Å². The van der Waals surface area contributed by atoms with E-state index in [0.717, 1.165) is 0 Å². The molecule has 0 radical (unpaired) electrons. The number of nitrogens with one attached hydrogen (secondary N) is 3. The first kappa shape index (κ1) is 31.8. The van der Waals surface area contributed by atoms with Gasteiger partial charge in [0.2, 0.25) is 5.95 Å². The predicted molar refractivity (Wildman–Crippen MR) is 157 cm³/mol. The molecule has 0 fully saturated rings. The van der Waals surface area contributed by atoms with E-state index in [9.17, 15) is 22.5 Å². The van der Waals surface area contributed by atoms with Crippen LogP contribution in [0, 0.1) is 0 Å². The molecule has 0 saturated heterocycles. The van der Waals surface area contributed by atoms with Crippen LogP contribution in [0.15, 0.2) is 42.7 Å². The van der Waals surface area contributed by atoms with Crippen LogP contribution in [-0.4, -0.2) is 63.2 Å². The molecule has 3 N–H and O–H groups in total. The first-order chi connectivity index (χ1) is 21.5. The van der Waals surface area contributed by atoms with Crippen molar-refractivity contribution in [2.24, 2.45) is 0 Å². The third kappa shape index (κ3) is 7.38. The summed E-state index contributed by atoms with van der Waals surface area (Å²) < 4.78 is 73.9. The number of aryl methyl sites for hydroxylation is 1. The molecule has 0 saturated carbocycles. The Morgan fingerprint density at radius 1 is 1.16 bits per heavy atom. The van der Waals surface area contributed by atoms with Gasteiger partial charge >= 0.3 is 13.8 Å². The van der Waals surface area contributed by atoms with Crippen molar-refractivity contribution in [1.82, 2.24) is 35.3 Å². The van der Waals surface area contributed by atoms with Gasteiger partial charge in [-0.2, -0.15) is 18.2 Å². The zero-order chi connectivity index (χ0) is 32.2. The van der Waals surface area contributed by atoms with Gasteiger partial charge < -0.3 is 29.7 Å². The number of nitrogens with zero attached hydrogens (tertiary/aromatic N) is 6. The summed E-state index contributed by atoms with van der Waals surface area (Å²) in [6, 6.07) is 7.71. The van der Waals surface area contributed by atoms with Crippen molar-refractivity contribution < 1.29 is 36.3 Å². The van der Waals surface area contributed by atoms with Crippen molar-refractivity contribution in [3.63, 3.8) is 0 Å². The molecule has 8 bridgehead atoms. The average molecular weight is 648 g/mol. The summed E-state index contributed by atoms with van der Waals surface area (Å²) in [5.74, 6) is -1.22. The minimum atomic E-state index is -4.83. The number of benzene rings is 1. The van der Waals surface area contributed by atoms with Crippen LogP contribution in [0.4, 0.5) is 36.3 Å². The molecule has 14 nitrogen and oxygen atoms in total. The van der Waals surface area contributed by atoms with Crippen molar-refractivity contribution in [2.75, 3.05) is 38.0 Å². The third-order valence-electron chi connectivity index (χ3n) is 6.52. The lowest BCUT2D eigenvalue weighted by Crippen LogP contribution is -2.21. The number of hydrogen-bond acceptors (Lipinski definition) is 12. The Hall–Kier alpha value is -4.60. The minimum absolute atomic E-state index is 0.0411. The maximum Gasteiger partial charge on any atom is 0.421 e. The lowest BCUT2D eigenvalue weighted by Gasteiger charge is -2.19. The number of pyridine rings is 1. The molecule has 8 rings (SSSR count). The Balaban J connectivity index is 1.62. The maximum atomic E-state index is 14.0. The Kier molecular flexibility index (Phi) is 9.32. The minimum Gasteiger partial charge on any atom is -0.495 e. The molecule has 4 aliphatic rings. The number of methoxy groups -OCH3 is 1. The van der Waals surface area contributed by atoms with Crippen LogP contribution in [-0.2, 0) is 32.5 Å². The number of aromatic nitrogens is 6. The van der Waals surface area contributed by atoms with Gasteiger partial charge in [-0.3, -0.25) is 14.0 Å². The highest BCUT2D eigenvalue weighted by molar-refractivity contribution is 7.53. The zero-order valence-corrected chi connectivity index (χ0v) is 25.3. The SMILES string of the molecule is CCO[P@@]1(=O)Cc2ccc(c(OC)c2)Nc2ncc(C(F)(F)F)c(n2)Nc2ccc(nc2C(=O)NC)-c2cn(nn2)CCCO1. The molecule has 7 heterocycles. The molecule has 1 amide bonds. The van der Waals surface area contributed by atoms with E-state index in [1.54, 1.807) is 31.3 Å². The third-order valence-corrected chi connectivity index (χ3v) is 8.50. The monoisotopic (exact) mass is 647 g/mol. The van der Waals surface area contributed by atoms with Crippen molar-refractivity contribution >= 4 is 36.6 Å². The largest absolute Gasteiger partial charge is 0.495 e. The molecule has 238 valence electrons. The summed E-state index contributed by atoms with van der Waals surface area (Å²) in [5.41, 5.74) is 0.0446. The maximum absolute atomic E-state index is 14.0. The van der Waals surface area contributed by atoms with Crippen LogP contribution in [0.1, 0.15) is 35.0 Å². The second-order valence-electron chi connectivity index (χ2n) is 9.65. The summed E-state index contributed by atoms with van der Waals surface area (Å²) in [5, 5.41) is 16.1. The van der Waals surface area contributed by atoms with Crippen molar-refractivity contribution in [3.8, 4) is 17.1 Å². The van der Waals surface area contributed by atoms with E-state index in [0.29, 0.717) is 36.1 Å². The van der Waals surface area contributed by atoms with Crippen LogP contribution in [0.25, 0.3) is 11.4 Å². The van der Waals surface area contributed by atoms with Crippen LogP contribution in [0.2, 0.25) is 0 Å². The van der Waals surface area contributed by atoms with E-state index < -0.39 is 31.1 Å². The topological polar surface area (TPSA) is 167 Å². The Labute approximate surface area is 255 Å². The van der Waals surface area contributed by atoms with Crippen LogP contribution < -0.4 is 20.7 Å². The molecule has 3 aromatic heterocycles. The van der Waals surface area contributed by atoms with E-state index in [1.807, 2.05) is 0 Å². The summed E-state index contributed by atoms with van der Waals surface area (Å²) in [6.45, 7) is 2.33. The molecular formula is C27H29F3N9O5P. The number of hydrogen-bond donors (Lipinski definition) is 3. The van der Waals surface area contributed by atoms with Gasteiger partial charge in [-0.05, 0) is 43.2 Å². The molecule has 45 heavy (non-hydrogen) atoms. The van der Waals surface area contributed by atoms with E-state index in [1.165, 1.54) is 31.0 Å². The highest BCUT2D eigenvalue weighted by atomic mass is 31.2. The van der Waals surface area contributed by atoms with Crippen molar-refractivity contribution in [2.45, 2.75) is 32.2 Å². The van der Waals surface area contributed by atoms with Gasteiger partial charge in [0.25, 0.3) is 5.91 Å². The van der Waals surface area contributed by atoms with E-state index in [4.69, 9.17) is 13.8 Å². The van der Waals surface area contributed by atoms with Crippen LogP contribution in [0.3, 0.4) is 0 Å².